The van der Waals surface area contributed by atoms with Gasteiger partial charge in [-0.15, -0.1) is 0 Å². The van der Waals surface area contributed by atoms with E-state index in [0.29, 0.717) is 0 Å². The van der Waals surface area contributed by atoms with Gasteiger partial charge in [0.2, 0.25) is 0 Å². The van der Waals surface area contributed by atoms with E-state index < -0.39 is 0 Å². The van der Waals surface area contributed by atoms with Gasteiger partial charge in [-0.25, -0.2) is 0 Å². The predicted octanol–water partition coefficient (Wildman–Crippen LogP) is 2.63. The quantitative estimate of drug-likeness (QED) is 0.693. The van der Waals surface area contributed by atoms with Crippen molar-refractivity contribution in [1.82, 2.24) is 9.78 Å². The van der Waals surface area contributed by atoms with E-state index in [1.165, 1.54) is 0 Å². The summed E-state index contributed by atoms with van der Waals surface area (Å²) in [5.74, 6) is 0. The second-order valence-corrected chi connectivity index (χ2v) is 4.13. The maximum Gasteiger partial charge on any atom is 0.119 e. The molecule has 1 N–H and O–H groups in total. The Hall–Kier alpha value is -1.62. The SMILES string of the molecule is Cn1cc(Br)c(C=NNc2ccccc2)n1. The van der Waals surface area contributed by atoms with Gasteiger partial charge in [-0.3, -0.25) is 10.1 Å². The van der Waals surface area contributed by atoms with Crippen molar-refractivity contribution in [3.63, 3.8) is 0 Å². The molecule has 0 atom stereocenters. The Labute approximate surface area is 102 Å². The molecule has 16 heavy (non-hydrogen) atoms. The number of anilines is 1. The molecule has 4 nitrogen and oxygen atoms in total. The molecule has 1 heterocycles. The van der Waals surface area contributed by atoms with Crippen molar-refractivity contribution in [2.45, 2.75) is 0 Å². The Morgan fingerprint density at radius 1 is 1.38 bits per heavy atom. The Balaban J connectivity index is 2.03. The lowest BCUT2D eigenvalue weighted by Crippen LogP contribution is -1.93. The van der Waals surface area contributed by atoms with Crippen molar-refractivity contribution in [2.75, 3.05) is 5.43 Å². The zero-order valence-electron chi connectivity index (χ0n) is 8.76. The van der Waals surface area contributed by atoms with Gasteiger partial charge in [0.25, 0.3) is 0 Å². The average Bonchev–Trinajstić information content (AvgIpc) is 2.59. The molecule has 0 aliphatic carbocycles. The van der Waals surface area contributed by atoms with E-state index in [2.05, 4.69) is 31.6 Å². The fraction of sp³-hybridized carbons (Fsp3) is 0.0909. The van der Waals surface area contributed by atoms with Crippen LogP contribution in [0.2, 0.25) is 0 Å². The van der Waals surface area contributed by atoms with Gasteiger partial charge in [0.15, 0.2) is 0 Å². The van der Waals surface area contributed by atoms with Crippen LogP contribution in [0.15, 0.2) is 46.1 Å². The highest BCUT2D eigenvalue weighted by atomic mass is 79.9. The maximum absolute atomic E-state index is 4.22. The number of benzene rings is 1. The summed E-state index contributed by atoms with van der Waals surface area (Å²) in [5, 5.41) is 8.33. The summed E-state index contributed by atoms with van der Waals surface area (Å²) >= 11 is 3.40. The van der Waals surface area contributed by atoms with Crippen LogP contribution >= 0.6 is 15.9 Å². The number of hydrazone groups is 1. The minimum atomic E-state index is 0.797. The zero-order chi connectivity index (χ0) is 11.4. The van der Waals surface area contributed by atoms with Crippen LogP contribution < -0.4 is 5.43 Å². The number of para-hydroxylation sites is 1. The number of nitrogens with one attached hydrogen (secondary N) is 1. The molecule has 1 aromatic heterocycles. The third-order valence-electron chi connectivity index (χ3n) is 1.96. The molecule has 0 unspecified atom stereocenters. The molecule has 0 spiro atoms. The molecule has 82 valence electrons. The normalized spacial score (nSPS) is 10.9. The van der Waals surface area contributed by atoms with Gasteiger partial charge in [0, 0.05) is 13.2 Å². The topological polar surface area (TPSA) is 42.2 Å². The van der Waals surface area contributed by atoms with Gasteiger partial charge in [0.1, 0.15) is 5.69 Å². The van der Waals surface area contributed by atoms with Crippen LogP contribution in [0, 0.1) is 0 Å². The van der Waals surface area contributed by atoms with Gasteiger partial charge >= 0.3 is 0 Å². The van der Waals surface area contributed by atoms with Crippen LogP contribution in [0.3, 0.4) is 0 Å². The third kappa shape index (κ3) is 2.70. The molecule has 0 saturated heterocycles. The molecule has 0 bridgehead atoms. The van der Waals surface area contributed by atoms with Crippen molar-refractivity contribution < 1.29 is 0 Å². The van der Waals surface area contributed by atoms with E-state index in [9.17, 15) is 0 Å². The van der Waals surface area contributed by atoms with Crippen molar-refractivity contribution in [3.05, 3.63) is 46.7 Å². The number of halogens is 1. The van der Waals surface area contributed by atoms with Crippen LogP contribution in [0.5, 0.6) is 0 Å². The fourth-order valence-corrected chi connectivity index (χ4v) is 1.72. The molecular formula is C11H11BrN4. The van der Waals surface area contributed by atoms with Gasteiger partial charge < -0.3 is 0 Å². The standard InChI is InChI=1S/C11H11BrN4/c1-16-8-10(12)11(15-16)7-13-14-9-5-3-2-4-6-9/h2-8,14H,1H3. The summed E-state index contributed by atoms with van der Waals surface area (Å²) < 4.78 is 2.65. The van der Waals surface area contributed by atoms with E-state index in [4.69, 9.17) is 0 Å². The van der Waals surface area contributed by atoms with Gasteiger partial charge in [-0.2, -0.15) is 10.2 Å². The first-order valence-electron chi connectivity index (χ1n) is 4.79. The van der Waals surface area contributed by atoms with Gasteiger partial charge in [0.05, 0.1) is 16.4 Å². The summed E-state index contributed by atoms with van der Waals surface area (Å²) in [6, 6.07) is 9.77. The third-order valence-corrected chi connectivity index (χ3v) is 2.58. The largest absolute Gasteiger partial charge is 0.278 e. The Morgan fingerprint density at radius 2 is 2.12 bits per heavy atom. The molecular weight excluding hydrogens is 268 g/mol. The van der Waals surface area contributed by atoms with E-state index in [1.54, 1.807) is 10.9 Å². The highest BCUT2D eigenvalue weighted by molar-refractivity contribution is 9.10. The maximum atomic E-state index is 4.22. The Kier molecular flexibility index (Phi) is 3.36. The molecule has 2 rings (SSSR count). The summed E-state index contributed by atoms with van der Waals surface area (Å²) in [6.07, 6.45) is 3.56. The minimum Gasteiger partial charge on any atom is -0.278 e. The average molecular weight is 279 g/mol. The van der Waals surface area contributed by atoms with Crippen LogP contribution in [-0.2, 0) is 7.05 Å². The van der Waals surface area contributed by atoms with Crippen molar-refractivity contribution in [3.8, 4) is 0 Å². The molecule has 0 saturated carbocycles. The van der Waals surface area contributed by atoms with Gasteiger partial charge in [-0.05, 0) is 28.1 Å². The van der Waals surface area contributed by atoms with E-state index in [-0.39, 0.29) is 0 Å². The summed E-state index contributed by atoms with van der Waals surface area (Å²) in [5.41, 5.74) is 4.68. The lowest BCUT2D eigenvalue weighted by molar-refractivity contribution is 0.765. The number of aromatic nitrogens is 2. The van der Waals surface area contributed by atoms with E-state index >= 15 is 0 Å². The van der Waals surface area contributed by atoms with E-state index in [0.717, 1.165) is 15.9 Å². The smallest absolute Gasteiger partial charge is 0.119 e. The van der Waals surface area contributed by atoms with Crippen molar-refractivity contribution in [1.29, 1.82) is 0 Å². The predicted molar refractivity (Wildman–Crippen MR) is 68.6 cm³/mol. The fourth-order valence-electron chi connectivity index (χ4n) is 1.24. The molecule has 0 aliphatic heterocycles. The summed E-state index contributed by atoms with van der Waals surface area (Å²) in [7, 11) is 1.87. The molecule has 0 aliphatic rings. The van der Waals surface area contributed by atoms with Crippen LogP contribution in [-0.4, -0.2) is 16.0 Å². The minimum absolute atomic E-state index is 0.797. The molecule has 1 aromatic carbocycles. The van der Waals surface area contributed by atoms with Crippen molar-refractivity contribution >= 4 is 27.8 Å². The summed E-state index contributed by atoms with van der Waals surface area (Å²) in [6.45, 7) is 0. The lowest BCUT2D eigenvalue weighted by Gasteiger charge is -1.97. The number of nitrogens with zero attached hydrogens (tertiary/aromatic N) is 3. The molecule has 2 aromatic rings. The highest BCUT2D eigenvalue weighted by Crippen LogP contribution is 2.12. The molecule has 0 amide bonds. The lowest BCUT2D eigenvalue weighted by atomic mass is 10.3. The molecule has 0 radical (unpaired) electrons. The van der Waals surface area contributed by atoms with Crippen molar-refractivity contribution in [2.24, 2.45) is 12.1 Å². The number of hydrogen-bond acceptors (Lipinski definition) is 3. The number of aryl methyl sites for hydroxylation is 1. The monoisotopic (exact) mass is 278 g/mol. The van der Waals surface area contributed by atoms with Crippen LogP contribution in [0.25, 0.3) is 0 Å². The van der Waals surface area contributed by atoms with E-state index in [1.807, 2.05) is 43.6 Å². The first kappa shape index (κ1) is 10.9. The van der Waals surface area contributed by atoms with Crippen LogP contribution in [0.4, 0.5) is 5.69 Å². The molecule has 0 fully saturated rings. The molecule has 5 heteroatoms. The highest BCUT2D eigenvalue weighted by Gasteiger charge is 2.00. The zero-order valence-corrected chi connectivity index (χ0v) is 10.3. The Morgan fingerprint density at radius 3 is 2.75 bits per heavy atom. The second kappa shape index (κ2) is 4.94. The first-order valence-corrected chi connectivity index (χ1v) is 5.58. The Bertz CT molecular complexity index is 490. The number of rotatable bonds is 3. The number of hydrogen-bond donors (Lipinski definition) is 1. The van der Waals surface area contributed by atoms with Gasteiger partial charge in [-0.1, -0.05) is 18.2 Å². The first-order chi connectivity index (χ1) is 7.75. The second-order valence-electron chi connectivity index (χ2n) is 3.27. The summed E-state index contributed by atoms with van der Waals surface area (Å²) in [4.78, 5) is 0. The van der Waals surface area contributed by atoms with Crippen LogP contribution in [0.1, 0.15) is 5.69 Å².